The maximum absolute atomic E-state index is 12.4. The van der Waals surface area contributed by atoms with Crippen LogP contribution in [0.3, 0.4) is 0 Å². The van der Waals surface area contributed by atoms with E-state index >= 15 is 0 Å². The van der Waals surface area contributed by atoms with Crippen LogP contribution in [0.5, 0.6) is 17.2 Å². The molecule has 0 aliphatic rings. The van der Waals surface area contributed by atoms with Gasteiger partial charge in [-0.1, -0.05) is 65.7 Å². The second-order valence-corrected chi connectivity index (χ2v) is 8.53. The molecule has 0 spiro atoms. The van der Waals surface area contributed by atoms with Crippen molar-refractivity contribution in [3.05, 3.63) is 54.1 Å². The molecule has 0 radical (unpaired) electrons. The van der Waals surface area contributed by atoms with E-state index in [0.717, 1.165) is 31.4 Å². The van der Waals surface area contributed by atoms with Gasteiger partial charge in [-0.05, 0) is 60.9 Å². The number of esters is 1. The first kappa shape index (κ1) is 27.2. The standard InChI is InChI=1S/C28H38O6/c1-4-6-7-8-9-10-11-20-31-28(30)34-26-14-12-23(13-15-26)27(29)33-25-18-16-24(17-19-25)32-21-22(3)5-2/h12-19,22H,4-11,20-21H2,1-3H3/t22-/m0/s1. The van der Waals surface area contributed by atoms with Gasteiger partial charge in [0.15, 0.2) is 0 Å². The fourth-order valence-electron chi connectivity index (χ4n) is 3.13. The highest BCUT2D eigenvalue weighted by molar-refractivity contribution is 5.91. The second kappa shape index (κ2) is 15.8. The quantitative estimate of drug-likeness (QED) is 0.115. The molecule has 1 atom stereocenters. The summed E-state index contributed by atoms with van der Waals surface area (Å²) in [7, 11) is 0. The Hall–Kier alpha value is -3.02. The van der Waals surface area contributed by atoms with Gasteiger partial charge in [0.2, 0.25) is 0 Å². The summed E-state index contributed by atoms with van der Waals surface area (Å²) in [5.74, 6) is 1.46. The SMILES string of the molecule is CCCCCCCCCOC(=O)Oc1ccc(C(=O)Oc2ccc(OC[C@@H](C)CC)cc2)cc1. The Morgan fingerprint density at radius 1 is 0.735 bits per heavy atom. The lowest BCUT2D eigenvalue weighted by Gasteiger charge is -2.11. The highest BCUT2D eigenvalue weighted by Gasteiger charge is 2.11. The van der Waals surface area contributed by atoms with Crippen molar-refractivity contribution in [3.8, 4) is 17.2 Å². The maximum atomic E-state index is 12.4. The van der Waals surface area contributed by atoms with Crippen molar-refractivity contribution in [1.82, 2.24) is 0 Å². The molecule has 0 N–H and O–H groups in total. The Labute approximate surface area is 203 Å². The molecule has 0 saturated carbocycles. The predicted octanol–water partition coefficient (Wildman–Crippen LogP) is 7.60. The van der Waals surface area contributed by atoms with E-state index in [1.807, 2.05) is 0 Å². The normalized spacial score (nSPS) is 11.5. The molecule has 2 aromatic carbocycles. The molecule has 0 aliphatic heterocycles. The minimum absolute atomic E-state index is 0.309. The molecule has 0 unspecified atom stereocenters. The average Bonchev–Trinajstić information content (AvgIpc) is 2.85. The lowest BCUT2D eigenvalue weighted by atomic mass is 10.1. The lowest BCUT2D eigenvalue weighted by molar-refractivity contribution is 0.0734. The molecule has 0 amide bonds. The van der Waals surface area contributed by atoms with Crippen molar-refractivity contribution in [2.45, 2.75) is 72.1 Å². The molecule has 186 valence electrons. The average molecular weight is 471 g/mol. The number of carbonyl (C=O) groups excluding carboxylic acids is 2. The van der Waals surface area contributed by atoms with Crippen molar-refractivity contribution in [2.75, 3.05) is 13.2 Å². The van der Waals surface area contributed by atoms with Gasteiger partial charge < -0.3 is 18.9 Å². The van der Waals surface area contributed by atoms with Gasteiger partial charge in [0.05, 0.1) is 18.8 Å². The van der Waals surface area contributed by atoms with Gasteiger partial charge >= 0.3 is 12.1 Å². The highest BCUT2D eigenvalue weighted by atomic mass is 16.7. The third kappa shape index (κ3) is 10.7. The molecule has 0 saturated heterocycles. The van der Waals surface area contributed by atoms with Crippen LogP contribution in [0.4, 0.5) is 4.79 Å². The summed E-state index contributed by atoms with van der Waals surface area (Å²) >= 11 is 0. The Morgan fingerprint density at radius 2 is 1.29 bits per heavy atom. The summed E-state index contributed by atoms with van der Waals surface area (Å²) in [5.41, 5.74) is 0.348. The largest absolute Gasteiger partial charge is 0.513 e. The summed E-state index contributed by atoms with van der Waals surface area (Å²) in [5, 5.41) is 0. The molecular weight excluding hydrogens is 432 g/mol. The van der Waals surface area contributed by atoms with Crippen LogP contribution in [0.25, 0.3) is 0 Å². The molecule has 2 rings (SSSR count). The summed E-state index contributed by atoms with van der Waals surface area (Å²) in [6.07, 6.45) is 8.36. The van der Waals surface area contributed by atoms with Crippen molar-refractivity contribution in [3.63, 3.8) is 0 Å². The first-order valence-corrected chi connectivity index (χ1v) is 12.4. The molecule has 2 aromatic rings. The van der Waals surface area contributed by atoms with Crippen molar-refractivity contribution in [1.29, 1.82) is 0 Å². The number of carbonyl (C=O) groups is 2. The van der Waals surface area contributed by atoms with E-state index in [0.29, 0.717) is 36.2 Å². The molecule has 0 aromatic heterocycles. The second-order valence-electron chi connectivity index (χ2n) is 8.53. The molecule has 6 heteroatoms. The molecule has 6 nitrogen and oxygen atoms in total. The van der Waals surface area contributed by atoms with Gasteiger partial charge in [0, 0.05) is 0 Å². The fraction of sp³-hybridized carbons (Fsp3) is 0.500. The summed E-state index contributed by atoms with van der Waals surface area (Å²) in [4.78, 5) is 24.2. The molecular formula is C28H38O6. The van der Waals surface area contributed by atoms with Crippen LogP contribution in [0, 0.1) is 5.92 Å². The van der Waals surface area contributed by atoms with Crippen LogP contribution in [0.1, 0.15) is 82.5 Å². The zero-order valence-corrected chi connectivity index (χ0v) is 20.7. The third-order valence-electron chi connectivity index (χ3n) is 5.52. The molecule has 0 heterocycles. The molecule has 34 heavy (non-hydrogen) atoms. The van der Waals surface area contributed by atoms with Crippen LogP contribution in [-0.4, -0.2) is 25.3 Å². The van der Waals surface area contributed by atoms with Gasteiger partial charge in [0.25, 0.3) is 0 Å². The fourth-order valence-corrected chi connectivity index (χ4v) is 3.13. The van der Waals surface area contributed by atoms with E-state index in [1.165, 1.54) is 37.8 Å². The summed E-state index contributed by atoms with van der Waals surface area (Å²) in [6.45, 7) is 7.45. The molecule has 0 fully saturated rings. The zero-order valence-electron chi connectivity index (χ0n) is 20.7. The number of rotatable bonds is 15. The Morgan fingerprint density at radius 3 is 1.94 bits per heavy atom. The minimum Gasteiger partial charge on any atom is -0.493 e. The van der Waals surface area contributed by atoms with Gasteiger partial charge in [-0.25, -0.2) is 9.59 Å². The number of unbranched alkanes of at least 4 members (excludes halogenated alkanes) is 6. The van der Waals surface area contributed by atoms with E-state index in [9.17, 15) is 9.59 Å². The van der Waals surface area contributed by atoms with E-state index in [2.05, 4.69) is 20.8 Å². The van der Waals surface area contributed by atoms with Gasteiger partial charge in [-0.15, -0.1) is 0 Å². The van der Waals surface area contributed by atoms with Gasteiger partial charge in [-0.2, -0.15) is 0 Å². The number of ether oxygens (including phenoxy) is 4. The monoisotopic (exact) mass is 470 g/mol. The molecule has 0 bridgehead atoms. The smallest absolute Gasteiger partial charge is 0.493 e. The Bertz CT molecular complexity index is 844. The van der Waals surface area contributed by atoms with Crippen LogP contribution >= 0.6 is 0 Å². The van der Waals surface area contributed by atoms with Crippen LogP contribution < -0.4 is 14.2 Å². The van der Waals surface area contributed by atoms with Crippen molar-refractivity contribution < 1.29 is 28.5 Å². The van der Waals surface area contributed by atoms with E-state index in [1.54, 1.807) is 36.4 Å². The predicted molar refractivity (Wildman–Crippen MR) is 133 cm³/mol. The number of hydrogen-bond acceptors (Lipinski definition) is 6. The van der Waals surface area contributed by atoms with Gasteiger partial charge in [-0.3, -0.25) is 0 Å². The third-order valence-corrected chi connectivity index (χ3v) is 5.52. The van der Waals surface area contributed by atoms with Crippen LogP contribution in [0.2, 0.25) is 0 Å². The lowest BCUT2D eigenvalue weighted by Crippen LogP contribution is -2.12. The van der Waals surface area contributed by atoms with Crippen LogP contribution in [0.15, 0.2) is 48.5 Å². The summed E-state index contributed by atoms with van der Waals surface area (Å²) in [6, 6.07) is 13.1. The number of hydrogen-bond donors (Lipinski definition) is 0. The first-order chi connectivity index (χ1) is 16.5. The number of benzene rings is 2. The summed E-state index contributed by atoms with van der Waals surface area (Å²) < 4.78 is 21.4. The van der Waals surface area contributed by atoms with E-state index in [-0.39, 0.29) is 0 Å². The first-order valence-electron chi connectivity index (χ1n) is 12.4. The van der Waals surface area contributed by atoms with E-state index in [4.69, 9.17) is 18.9 Å². The van der Waals surface area contributed by atoms with Crippen molar-refractivity contribution in [2.24, 2.45) is 5.92 Å². The minimum atomic E-state index is -0.739. The Kier molecular flexibility index (Phi) is 12.6. The van der Waals surface area contributed by atoms with E-state index < -0.39 is 12.1 Å². The maximum Gasteiger partial charge on any atom is 0.513 e. The molecule has 0 aliphatic carbocycles. The topological polar surface area (TPSA) is 71.1 Å². The van der Waals surface area contributed by atoms with Crippen LogP contribution in [-0.2, 0) is 4.74 Å². The highest BCUT2D eigenvalue weighted by Crippen LogP contribution is 2.20. The zero-order chi connectivity index (χ0) is 24.6. The Balaban J connectivity index is 1.70. The van der Waals surface area contributed by atoms with Gasteiger partial charge in [0.1, 0.15) is 17.2 Å². The van der Waals surface area contributed by atoms with Crippen molar-refractivity contribution >= 4 is 12.1 Å².